The quantitative estimate of drug-likeness (QED) is 0.400. The number of ether oxygens (including phenoxy) is 2. The third kappa shape index (κ3) is 2.94. The van der Waals surface area contributed by atoms with Gasteiger partial charge in [0.1, 0.15) is 5.69 Å². The van der Waals surface area contributed by atoms with Crippen molar-refractivity contribution in [1.82, 2.24) is 15.2 Å². The molecule has 0 fully saturated rings. The Kier molecular flexibility index (Phi) is 5.24. The van der Waals surface area contributed by atoms with Crippen molar-refractivity contribution < 1.29 is 9.47 Å². The van der Waals surface area contributed by atoms with Crippen molar-refractivity contribution in [2.45, 2.75) is 19.4 Å². The van der Waals surface area contributed by atoms with Gasteiger partial charge in [-0.1, -0.05) is 6.92 Å². The number of nitrogens with one attached hydrogen (secondary N) is 1. The average molecular weight is 228 g/mol. The van der Waals surface area contributed by atoms with Crippen LogP contribution in [0, 0.1) is 0 Å². The first-order chi connectivity index (χ1) is 7.74. The largest absolute Gasteiger partial charge is 0.493 e. The molecule has 1 rings (SSSR count). The number of aryl methyl sites for hydroxylation is 1. The van der Waals surface area contributed by atoms with Crippen LogP contribution in [0.4, 0.5) is 0 Å². The summed E-state index contributed by atoms with van der Waals surface area (Å²) in [6.07, 6.45) is 2.65. The second-order valence-electron chi connectivity index (χ2n) is 3.52. The molecule has 16 heavy (non-hydrogen) atoms. The van der Waals surface area contributed by atoms with E-state index in [4.69, 9.17) is 15.3 Å². The van der Waals surface area contributed by atoms with E-state index in [0.29, 0.717) is 12.4 Å². The third-order valence-corrected chi connectivity index (χ3v) is 2.33. The van der Waals surface area contributed by atoms with E-state index in [0.717, 1.165) is 18.7 Å². The Morgan fingerprint density at radius 1 is 1.62 bits per heavy atom. The van der Waals surface area contributed by atoms with E-state index in [1.54, 1.807) is 18.0 Å². The number of hydrogen-bond acceptors (Lipinski definition) is 5. The summed E-state index contributed by atoms with van der Waals surface area (Å²) in [7, 11) is 3.46. The van der Waals surface area contributed by atoms with Crippen molar-refractivity contribution in [2.75, 3.05) is 20.3 Å². The Labute approximate surface area is 95.7 Å². The molecule has 1 aromatic heterocycles. The predicted molar refractivity (Wildman–Crippen MR) is 60.9 cm³/mol. The average Bonchev–Trinajstić information content (AvgIpc) is 2.66. The molecule has 0 aromatic carbocycles. The van der Waals surface area contributed by atoms with Gasteiger partial charge in [0.15, 0.2) is 5.75 Å². The van der Waals surface area contributed by atoms with Gasteiger partial charge in [-0.25, -0.2) is 5.43 Å². The van der Waals surface area contributed by atoms with Gasteiger partial charge in [0.25, 0.3) is 0 Å². The molecule has 0 radical (unpaired) electrons. The van der Waals surface area contributed by atoms with Gasteiger partial charge in [-0.15, -0.1) is 0 Å². The number of hydrazine groups is 1. The monoisotopic (exact) mass is 228 g/mol. The highest BCUT2D eigenvalue weighted by Crippen LogP contribution is 2.23. The molecule has 1 heterocycles. The van der Waals surface area contributed by atoms with Crippen molar-refractivity contribution in [3.63, 3.8) is 0 Å². The molecule has 0 aliphatic carbocycles. The number of rotatable bonds is 7. The van der Waals surface area contributed by atoms with E-state index in [2.05, 4.69) is 17.4 Å². The first kappa shape index (κ1) is 13.0. The van der Waals surface area contributed by atoms with Crippen molar-refractivity contribution in [2.24, 2.45) is 12.9 Å². The highest BCUT2D eigenvalue weighted by atomic mass is 16.5. The molecule has 92 valence electrons. The summed E-state index contributed by atoms with van der Waals surface area (Å²) < 4.78 is 12.4. The molecule has 0 aliphatic rings. The van der Waals surface area contributed by atoms with Crippen LogP contribution in [0.2, 0.25) is 0 Å². The third-order valence-electron chi connectivity index (χ3n) is 2.33. The standard InChI is InChI=1S/C10H20N4O2/c1-4-5-16-7-8(13-11)10-9(15-3)6-12-14(10)2/h6,8,13H,4-5,7,11H2,1-3H3. The maximum absolute atomic E-state index is 5.51. The van der Waals surface area contributed by atoms with Crippen LogP contribution in [0.15, 0.2) is 6.20 Å². The van der Waals surface area contributed by atoms with Crippen molar-refractivity contribution in [1.29, 1.82) is 0 Å². The summed E-state index contributed by atoms with van der Waals surface area (Å²) in [4.78, 5) is 0. The van der Waals surface area contributed by atoms with Gasteiger partial charge in [0.05, 0.1) is 26.0 Å². The Morgan fingerprint density at radius 2 is 2.38 bits per heavy atom. The van der Waals surface area contributed by atoms with Gasteiger partial charge in [0, 0.05) is 13.7 Å². The second-order valence-corrected chi connectivity index (χ2v) is 3.52. The Hall–Kier alpha value is -1.11. The van der Waals surface area contributed by atoms with Crippen LogP contribution in [0.5, 0.6) is 5.75 Å². The highest BCUT2D eigenvalue weighted by Gasteiger charge is 2.19. The Morgan fingerprint density at radius 3 is 2.94 bits per heavy atom. The molecule has 6 nitrogen and oxygen atoms in total. The van der Waals surface area contributed by atoms with Crippen molar-refractivity contribution in [3.05, 3.63) is 11.9 Å². The van der Waals surface area contributed by atoms with Crippen molar-refractivity contribution >= 4 is 0 Å². The molecule has 3 N–H and O–H groups in total. The zero-order chi connectivity index (χ0) is 12.0. The second kappa shape index (κ2) is 6.47. The molecule has 1 atom stereocenters. The molecule has 1 unspecified atom stereocenters. The van der Waals surface area contributed by atoms with Gasteiger partial charge in [-0.2, -0.15) is 5.10 Å². The fourth-order valence-corrected chi connectivity index (χ4v) is 1.53. The molecule has 0 saturated heterocycles. The molecule has 0 aliphatic heterocycles. The number of methoxy groups -OCH3 is 1. The summed E-state index contributed by atoms with van der Waals surface area (Å²) in [5, 5.41) is 4.13. The van der Waals surface area contributed by atoms with Crippen LogP contribution in [0.25, 0.3) is 0 Å². The summed E-state index contributed by atoms with van der Waals surface area (Å²) in [6, 6.07) is -0.117. The van der Waals surface area contributed by atoms with Gasteiger partial charge in [-0.3, -0.25) is 10.5 Å². The van der Waals surface area contributed by atoms with Crippen LogP contribution in [0.3, 0.4) is 0 Å². The van der Waals surface area contributed by atoms with E-state index in [9.17, 15) is 0 Å². The zero-order valence-corrected chi connectivity index (χ0v) is 10.1. The summed E-state index contributed by atoms with van der Waals surface area (Å²) >= 11 is 0. The lowest BCUT2D eigenvalue weighted by atomic mass is 10.2. The van der Waals surface area contributed by atoms with Gasteiger partial charge >= 0.3 is 0 Å². The lowest BCUT2D eigenvalue weighted by Crippen LogP contribution is -2.33. The predicted octanol–water partition coefficient (Wildman–Crippen LogP) is 0.360. The number of hydrogen-bond donors (Lipinski definition) is 2. The van der Waals surface area contributed by atoms with Gasteiger partial charge < -0.3 is 9.47 Å². The Balaban J connectivity index is 2.73. The highest BCUT2D eigenvalue weighted by molar-refractivity contribution is 5.28. The first-order valence-electron chi connectivity index (χ1n) is 5.34. The van der Waals surface area contributed by atoms with Crippen LogP contribution in [-0.4, -0.2) is 30.1 Å². The zero-order valence-electron chi connectivity index (χ0n) is 10.1. The molecule has 0 bridgehead atoms. The smallest absolute Gasteiger partial charge is 0.161 e. The molecular weight excluding hydrogens is 208 g/mol. The van der Waals surface area contributed by atoms with Crippen LogP contribution >= 0.6 is 0 Å². The molecule has 0 spiro atoms. The lowest BCUT2D eigenvalue weighted by Gasteiger charge is -2.17. The molecule has 6 heteroatoms. The van der Waals surface area contributed by atoms with E-state index < -0.39 is 0 Å². The maximum Gasteiger partial charge on any atom is 0.161 e. The minimum Gasteiger partial charge on any atom is -0.493 e. The van der Waals surface area contributed by atoms with Crippen LogP contribution in [0.1, 0.15) is 25.1 Å². The topological polar surface area (TPSA) is 74.3 Å². The summed E-state index contributed by atoms with van der Waals surface area (Å²) in [5.41, 5.74) is 3.60. The molecule has 0 saturated carbocycles. The summed E-state index contributed by atoms with van der Waals surface area (Å²) in [6.45, 7) is 3.29. The number of aromatic nitrogens is 2. The van der Waals surface area contributed by atoms with E-state index in [1.165, 1.54) is 0 Å². The van der Waals surface area contributed by atoms with Crippen LogP contribution < -0.4 is 16.0 Å². The SMILES string of the molecule is CCCOCC(NN)c1c(OC)cnn1C. The normalized spacial score (nSPS) is 12.8. The fraction of sp³-hybridized carbons (Fsp3) is 0.700. The molecular formula is C10H20N4O2. The fourth-order valence-electron chi connectivity index (χ4n) is 1.53. The van der Waals surface area contributed by atoms with E-state index in [1.807, 2.05) is 7.05 Å². The summed E-state index contributed by atoms with van der Waals surface area (Å²) in [5.74, 6) is 6.23. The van der Waals surface area contributed by atoms with E-state index >= 15 is 0 Å². The molecule has 0 amide bonds. The van der Waals surface area contributed by atoms with Crippen LogP contribution in [-0.2, 0) is 11.8 Å². The van der Waals surface area contributed by atoms with Gasteiger partial charge in [-0.05, 0) is 6.42 Å². The van der Waals surface area contributed by atoms with Crippen molar-refractivity contribution in [3.8, 4) is 5.75 Å². The first-order valence-corrected chi connectivity index (χ1v) is 5.34. The Bertz CT molecular complexity index is 314. The lowest BCUT2D eigenvalue weighted by molar-refractivity contribution is 0.109. The number of nitrogens with zero attached hydrogens (tertiary/aromatic N) is 2. The van der Waals surface area contributed by atoms with Gasteiger partial charge in [0.2, 0.25) is 0 Å². The molecule has 1 aromatic rings. The maximum atomic E-state index is 5.51. The minimum atomic E-state index is -0.117. The van der Waals surface area contributed by atoms with E-state index in [-0.39, 0.29) is 6.04 Å². The minimum absolute atomic E-state index is 0.117. The number of nitrogens with two attached hydrogens (primary N) is 1.